The van der Waals surface area contributed by atoms with Gasteiger partial charge in [-0.25, -0.2) is 4.98 Å². The Hall–Kier alpha value is -1.55. The molecule has 3 rings (SSSR count). The average Bonchev–Trinajstić information content (AvgIpc) is 2.73. The van der Waals surface area contributed by atoms with E-state index < -0.39 is 0 Å². The van der Waals surface area contributed by atoms with Crippen LogP contribution in [0.15, 0.2) is 22.8 Å². The molecule has 0 unspecified atom stereocenters. The van der Waals surface area contributed by atoms with Gasteiger partial charge in [0.25, 0.3) is 0 Å². The van der Waals surface area contributed by atoms with Crippen LogP contribution in [0, 0.1) is 0 Å². The third-order valence-corrected chi connectivity index (χ3v) is 3.62. The Kier molecular flexibility index (Phi) is 2.52. The van der Waals surface area contributed by atoms with Crippen molar-refractivity contribution in [3.05, 3.63) is 24.0 Å². The number of pyridine rings is 1. The fourth-order valence-corrected chi connectivity index (χ4v) is 2.56. The first-order chi connectivity index (χ1) is 8.24. The van der Waals surface area contributed by atoms with Crippen LogP contribution in [0.3, 0.4) is 0 Å². The van der Waals surface area contributed by atoms with Gasteiger partial charge < -0.3 is 15.1 Å². The second-order valence-corrected chi connectivity index (χ2v) is 4.85. The second-order valence-electron chi connectivity index (χ2n) is 4.85. The molecule has 2 aromatic heterocycles. The summed E-state index contributed by atoms with van der Waals surface area (Å²) in [5.74, 6) is 1.12. The Morgan fingerprint density at radius 3 is 2.88 bits per heavy atom. The molecule has 90 valence electrons. The molecular formula is C13H17N3O. The van der Waals surface area contributed by atoms with E-state index >= 15 is 0 Å². The molecule has 17 heavy (non-hydrogen) atoms. The zero-order chi connectivity index (χ0) is 11.8. The van der Waals surface area contributed by atoms with E-state index in [0.717, 1.165) is 24.2 Å². The molecule has 0 radical (unpaired) electrons. The number of nitrogens with zero attached hydrogens (tertiary/aromatic N) is 2. The third kappa shape index (κ3) is 1.89. The smallest absolute Gasteiger partial charge is 0.152 e. The van der Waals surface area contributed by atoms with E-state index in [1.54, 1.807) is 6.07 Å². The van der Waals surface area contributed by atoms with Gasteiger partial charge in [-0.15, -0.1) is 0 Å². The predicted octanol–water partition coefficient (Wildman–Crippen LogP) is 2.22. The van der Waals surface area contributed by atoms with Gasteiger partial charge in [0.05, 0.1) is 6.26 Å². The standard InChI is InChI=1S/C13H17N3O/c1-16-6-4-9(5-7-16)10-8-17-11-2-3-12(14)15-13(10)11/h2-3,8-9H,4-7H2,1H3,(H2,14,15). The quantitative estimate of drug-likeness (QED) is 0.817. The minimum absolute atomic E-state index is 0.557. The number of fused-ring (bicyclic) bond motifs is 1. The van der Waals surface area contributed by atoms with Crippen molar-refractivity contribution in [2.45, 2.75) is 18.8 Å². The molecule has 0 spiro atoms. The summed E-state index contributed by atoms with van der Waals surface area (Å²) >= 11 is 0. The Balaban J connectivity index is 1.97. The summed E-state index contributed by atoms with van der Waals surface area (Å²) in [6.45, 7) is 2.28. The maximum absolute atomic E-state index is 5.74. The van der Waals surface area contributed by atoms with Gasteiger partial charge in [0, 0.05) is 5.56 Å². The fraction of sp³-hybridized carbons (Fsp3) is 0.462. The van der Waals surface area contributed by atoms with E-state index in [0.29, 0.717) is 11.7 Å². The molecule has 2 aromatic rings. The fourth-order valence-electron chi connectivity index (χ4n) is 2.56. The van der Waals surface area contributed by atoms with Crippen molar-refractivity contribution in [3.8, 4) is 0 Å². The molecule has 0 aromatic carbocycles. The van der Waals surface area contributed by atoms with Crippen molar-refractivity contribution in [2.75, 3.05) is 25.9 Å². The van der Waals surface area contributed by atoms with Gasteiger partial charge in [0.15, 0.2) is 5.58 Å². The molecule has 1 aliphatic rings. The van der Waals surface area contributed by atoms with Crippen molar-refractivity contribution in [1.29, 1.82) is 0 Å². The van der Waals surface area contributed by atoms with Crippen LogP contribution in [0.2, 0.25) is 0 Å². The second kappa shape index (κ2) is 4.04. The number of hydrogen-bond acceptors (Lipinski definition) is 4. The summed E-state index contributed by atoms with van der Waals surface area (Å²) in [5.41, 5.74) is 8.75. The topological polar surface area (TPSA) is 55.3 Å². The molecule has 0 atom stereocenters. The Labute approximate surface area is 100 Å². The first-order valence-corrected chi connectivity index (χ1v) is 6.06. The lowest BCUT2D eigenvalue weighted by Gasteiger charge is -2.28. The van der Waals surface area contributed by atoms with E-state index in [2.05, 4.69) is 16.9 Å². The highest BCUT2D eigenvalue weighted by molar-refractivity contribution is 5.78. The zero-order valence-corrected chi connectivity index (χ0v) is 10.0. The van der Waals surface area contributed by atoms with Crippen molar-refractivity contribution >= 4 is 16.9 Å². The van der Waals surface area contributed by atoms with Crippen LogP contribution in [0.25, 0.3) is 11.1 Å². The van der Waals surface area contributed by atoms with Gasteiger partial charge in [-0.2, -0.15) is 0 Å². The van der Waals surface area contributed by atoms with Gasteiger partial charge in [-0.1, -0.05) is 0 Å². The molecule has 0 amide bonds. The first-order valence-electron chi connectivity index (χ1n) is 6.06. The lowest BCUT2D eigenvalue weighted by atomic mass is 9.91. The normalized spacial score (nSPS) is 18.9. The number of furan rings is 1. The van der Waals surface area contributed by atoms with E-state index in [4.69, 9.17) is 10.2 Å². The largest absolute Gasteiger partial charge is 0.462 e. The van der Waals surface area contributed by atoms with Crippen molar-refractivity contribution < 1.29 is 4.42 Å². The summed E-state index contributed by atoms with van der Waals surface area (Å²) in [6, 6.07) is 3.68. The van der Waals surface area contributed by atoms with Crippen LogP contribution in [-0.4, -0.2) is 30.0 Å². The summed E-state index contributed by atoms with van der Waals surface area (Å²) in [5, 5.41) is 0. The summed E-state index contributed by atoms with van der Waals surface area (Å²) in [7, 11) is 2.17. The minimum atomic E-state index is 0.557. The minimum Gasteiger partial charge on any atom is -0.462 e. The van der Waals surface area contributed by atoms with Crippen LogP contribution >= 0.6 is 0 Å². The van der Waals surface area contributed by atoms with Crippen LogP contribution < -0.4 is 5.73 Å². The van der Waals surface area contributed by atoms with Gasteiger partial charge in [-0.3, -0.25) is 0 Å². The molecule has 4 nitrogen and oxygen atoms in total. The van der Waals surface area contributed by atoms with Crippen LogP contribution in [-0.2, 0) is 0 Å². The summed E-state index contributed by atoms with van der Waals surface area (Å²) in [4.78, 5) is 6.76. The SMILES string of the molecule is CN1CCC(c2coc3ccc(N)nc23)CC1. The van der Waals surface area contributed by atoms with Crippen molar-refractivity contribution in [1.82, 2.24) is 9.88 Å². The Morgan fingerprint density at radius 2 is 2.12 bits per heavy atom. The van der Waals surface area contributed by atoms with E-state index in [1.165, 1.54) is 18.4 Å². The van der Waals surface area contributed by atoms with E-state index in [1.807, 2.05) is 12.3 Å². The van der Waals surface area contributed by atoms with Gasteiger partial charge >= 0.3 is 0 Å². The monoisotopic (exact) mass is 231 g/mol. The predicted molar refractivity (Wildman–Crippen MR) is 67.9 cm³/mol. The number of likely N-dealkylation sites (tertiary alicyclic amines) is 1. The number of nitrogens with two attached hydrogens (primary N) is 1. The molecule has 1 aliphatic heterocycles. The lowest BCUT2D eigenvalue weighted by molar-refractivity contribution is 0.255. The third-order valence-electron chi connectivity index (χ3n) is 3.62. The summed E-state index contributed by atoms with van der Waals surface area (Å²) in [6.07, 6.45) is 4.19. The molecule has 0 bridgehead atoms. The number of hydrogen-bond donors (Lipinski definition) is 1. The molecular weight excluding hydrogens is 214 g/mol. The van der Waals surface area contributed by atoms with Crippen molar-refractivity contribution in [3.63, 3.8) is 0 Å². The number of nitrogen functional groups attached to an aromatic ring is 1. The number of rotatable bonds is 1. The van der Waals surface area contributed by atoms with Crippen LogP contribution in [0.4, 0.5) is 5.82 Å². The molecule has 1 fully saturated rings. The maximum atomic E-state index is 5.74. The first kappa shape index (κ1) is 10.6. The highest BCUT2D eigenvalue weighted by Gasteiger charge is 2.22. The molecule has 4 heteroatoms. The van der Waals surface area contributed by atoms with Crippen molar-refractivity contribution in [2.24, 2.45) is 0 Å². The number of aromatic nitrogens is 1. The highest BCUT2D eigenvalue weighted by atomic mass is 16.3. The zero-order valence-electron chi connectivity index (χ0n) is 10.0. The van der Waals surface area contributed by atoms with Crippen LogP contribution in [0.5, 0.6) is 0 Å². The molecule has 1 saturated heterocycles. The Morgan fingerprint density at radius 1 is 1.35 bits per heavy atom. The van der Waals surface area contributed by atoms with Gasteiger partial charge in [0.1, 0.15) is 11.3 Å². The van der Waals surface area contributed by atoms with Crippen LogP contribution in [0.1, 0.15) is 24.3 Å². The van der Waals surface area contributed by atoms with E-state index in [-0.39, 0.29) is 0 Å². The summed E-state index contributed by atoms with van der Waals surface area (Å²) < 4.78 is 5.55. The molecule has 0 aliphatic carbocycles. The molecule has 3 heterocycles. The van der Waals surface area contributed by atoms with E-state index in [9.17, 15) is 0 Å². The van der Waals surface area contributed by atoms with Gasteiger partial charge in [-0.05, 0) is 51.0 Å². The molecule has 0 saturated carbocycles. The highest BCUT2D eigenvalue weighted by Crippen LogP contribution is 2.33. The Bertz CT molecular complexity index is 526. The number of anilines is 1. The molecule has 2 N–H and O–H groups in total. The van der Waals surface area contributed by atoms with Gasteiger partial charge in [0.2, 0.25) is 0 Å². The number of piperidine rings is 1. The average molecular weight is 231 g/mol. The maximum Gasteiger partial charge on any atom is 0.152 e. The lowest BCUT2D eigenvalue weighted by Crippen LogP contribution is -2.29.